The zero-order valence-electron chi connectivity index (χ0n) is 14.8. The average Bonchev–Trinajstić information content (AvgIpc) is 3.12. The van der Waals surface area contributed by atoms with Crippen molar-refractivity contribution >= 4 is 22.4 Å². The van der Waals surface area contributed by atoms with Crippen LogP contribution < -0.4 is 10.6 Å². The van der Waals surface area contributed by atoms with Crippen molar-refractivity contribution in [3.8, 4) is 0 Å². The average molecular weight is 351 g/mol. The molecule has 1 aliphatic heterocycles. The molecule has 5 nitrogen and oxygen atoms in total. The molecule has 3 rings (SSSR count). The maximum atomic E-state index is 12.8. The second kappa shape index (κ2) is 7.83. The van der Waals surface area contributed by atoms with Gasteiger partial charge in [-0.15, -0.1) is 11.3 Å². The fraction of sp³-hybridized carbons (Fsp3) is 0.778. The molecule has 1 aromatic heterocycles. The highest BCUT2D eigenvalue weighted by molar-refractivity contribution is 7.15. The predicted octanol–water partition coefficient (Wildman–Crippen LogP) is 2.65. The van der Waals surface area contributed by atoms with Gasteiger partial charge in [-0.25, -0.2) is 4.98 Å². The Morgan fingerprint density at radius 2 is 1.96 bits per heavy atom. The number of nitrogens with zero attached hydrogens (tertiary/aromatic N) is 3. The Morgan fingerprint density at radius 1 is 1.25 bits per heavy atom. The van der Waals surface area contributed by atoms with Crippen LogP contribution >= 0.6 is 11.3 Å². The molecule has 6 heteroatoms. The van der Waals surface area contributed by atoms with Gasteiger partial charge in [0.25, 0.3) is 0 Å². The number of hydrogen-bond donors (Lipinski definition) is 1. The molecule has 24 heavy (non-hydrogen) atoms. The van der Waals surface area contributed by atoms with E-state index in [9.17, 15) is 4.79 Å². The summed E-state index contributed by atoms with van der Waals surface area (Å²) in [5.41, 5.74) is 6.11. The Bertz CT molecular complexity index is 545. The molecule has 0 radical (unpaired) electrons. The molecular weight excluding hydrogens is 320 g/mol. The number of aryl methyl sites for hydroxylation is 1. The second-order valence-corrected chi connectivity index (χ2v) is 8.37. The summed E-state index contributed by atoms with van der Waals surface area (Å²) in [5.74, 6) is 0.301. The summed E-state index contributed by atoms with van der Waals surface area (Å²) in [5, 5.41) is 1.10. The van der Waals surface area contributed by atoms with Crippen LogP contribution in [-0.4, -0.2) is 48.5 Å². The molecule has 2 fully saturated rings. The molecule has 134 valence electrons. The summed E-state index contributed by atoms with van der Waals surface area (Å²) in [7, 11) is 0. The molecule has 2 N–H and O–H groups in total. The van der Waals surface area contributed by atoms with Gasteiger partial charge in [0.2, 0.25) is 5.91 Å². The van der Waals surface area contributed by atoms with Gasteiger partial charge in [-0.05, 0) is 31.2 Å². The zero-order chi connectivity index (χ0) is 17.0. The van der Waals surface area contributed by atoms with Gasteiger partial charge in [0, 0.05) is 43.7 Å². The molecule has 2 aliphatic rings. The largest absolute Gasteiger partial charge is 0.345 e. The molecule has 0 bridgehead atoms. The summed E-state index contributed by atoms with van der Waals surface area (Å²) in [6, 6.07) is 0. The summed E-state index contributed by atoms with van der Waals surface area (Å²) in [6.45, 7) is 6.20. The summed E-state index contributed by atoms with van der Waals surface area (Å²) in [4.78, 5) is 23.0. The van der Waals surface area contributed by atoms with E-state index < -0.39 is 0 Å². The molecule has 1 amide bonds. The number of nitrogens with two attached hydrogens (primary N) is 1. The van der Waals surface area contributed by atoms with E-state index >= 15 is 0 Å². The Labute approximate surface area is 149 Å². The van der Waals surface area contributed by atoms with E-state index in [0.717, 1.165) is 50.6 Å². The van der Waals surface area contributed by atoms with Crippen molar-refractivity contribution in [1.82, 2.24) is 9.88 Å². The number of thiazole rings is 1. The van der Waals surface area contributed by atoms with Gasteiger partial charge in [-0.2, -0.15) is 0 Å². The molecule has 0 spiro atoms. The maximum Gasteiger partial charge on any atom is 0.223 e. The summed E-state index contributed by atoms with van der Waals surface area (Å²) >= 11 is 1.78. The van der Waals surface area contributed by atoms with Crippen molar-refractivity contribution in [3.63, 3.8) is 0 Å². The van der Waals surface area contributed by atoms with E-state index in [1.807, 2.05) is 11.1 Å². The zero-order valence-corrected chi connectivity index (χ0v) is 15.6. The van der Waals surface area contributed by atoms with Gasteiger partial charge >= 0.3 is 0 Å². The van der Waals surface area contributed by atoms with Crippen molar-refractivity contribution < 1.29 is 4.79 Å². The number of amides is 1. The molecule has 2 heterocycles. The van der Waals surface area contributed by atoms with Gasteiger partial charge in [-0.1, -0.05) is 26.2 Å². The number of rotatable bonds is 5. The normalized spacial score (nSPS) is 21.1. The van der Waals surface area contributed by atoms with Gasteiger partial charge in [0.15, 0.2) is 5.13 Å². The van der Waals surface area contributed by atoms with Gasteiger partial charge < -0.3 is 15.5 Å². The number of aromatic nitrogens is 1. The smallest absolute Gasteiger partial charge is 0.223 e. The third kappa shape index (κ3) is 3.91. The van der Waals surface area contributed by atoms with E-state index in [1.165, 1.54) is 24.1 Å². The highest BCUT2D eigenvalue weighted by atomic mass is 32.1. The Balaban J connectivity index is 1.53. The first-order valence-corrected chi connectivity index (χ1v) is 10.1. The standard InChI is InChI=1S/C18H30N4OS/c1-2-15-13-20-17(24-15)22-10-8-21(9-11-22)16(23)12-18(14-19)6-4-3-5-7-18/h13H,2-12,14,19H2,1H3. The minimum Gasteiger partial charge on any atom is -0.345 e. The SMILES string of the molecule is CCc1cnc(N2CCN(C(=O)CC3(CN)CCCCC3)CC2)s1. The molecular formula is C18H30N4OS. The predicted molar refractivity (Wildman–Crippen MR) is 99.5 cm³/mol. The first kappa shape index (κ1) is 17.7. The highest BCUT2D eigenvalue weighted by Gasteiger charge is 2.35. The monoisotopic (exact) mass is 350 g/mol. The minimum atomic E-state index is 0.0673. The van der Waals surface area contributed by atoms with E-state index in [1.54, 1.807) is 11.3 Å². The van der Waals surface area contributed by atoms with Crippen molar-refractivity contribution in [2.45, 2.75) is 51.9 Å². The number of carbonyl (C=O) groups is 1. The van der Waals surface area contributed by atoms with Crippen LogP contribution in [0.15, 0.2) is 6.20 Å². The van der Waals surface area contributed by atoms with Crippen LogP contribution in [0.1, 0.15) is 50.3 Å². The van der Waals surface area contributed by atoms with E-state index in [0.29, 0.717) is 18.9 Å². The lowest BCUT2D eigenvalue weighted by Gasteiger charge is -2.39. The van der Waals surface area contributed by atoms with Crippen LogP contribution in [0.2, 0.25) is 0 Å². The topological polar surface area (TPSA) is 62.5 Å². The molecule has 0 unspecified atom stereocenters. The Hall–Kier alpha value is -1.14. The molecule has 1 aliphatic carbocycles. The molecule has 1 saturated heterocycles. The third-order valence-electron chi connectivity index (χ3n) is 5.67. The first-order valence-electron chi connectivity index (χ1n) is 9.33. The fourth-order valence-corrected chi connectivity index (χ4v) is 4.84. The third-order valence-corrected chi connectivity index (χ3v) is 6.87. The minimum absolute atomic E-state index is 0.0673. The van der Waals surface area contributed by atoms with Crippen LogP contribution in [0.3, 0.4) is 0 Å². The maximum absolute atomic E-state index is 12.8. The van der Waals surface area contributed by atoms with E-state index in [2.05, 4.69) is 16.8 Å². The van der Waals surface area contributed by atoms with Gasteiger partial charge in [0.05, 0.1) is 0 Å². The fourth-order valence-electron chi connectivity index (χ4n) is 3.94. The van der Waals surface area contributed by atoms with E-state index in [-0.39, 0.29) is 5.41 Å². The van der Waals surface area contributed by atoms with Gasteiger partial charge in [0.1, 0.15) is 0 Å². The second-order valence-electron chi connectivity index (χ2n) is 7.27. The lowest BCUT2D eigenvalue weighted by molar-refractivity contribution is -0.134. The Kier molecular flexibility index (Phi) is 5.76. The van der Waals surface area contributed by atoms with Crippen molar-refractivity contribution in [1.29, 1.82) is 0 Å². The van der Waals surface area contributed by atoms with Crippen LogP contribution in [0.25, 0.3) is 0 Å². The van der Waals surface area contributed by atoms with Crippen LogP contribution in [-0.2, 0) is 11.2 Å². The van der Waals surface area contributed by atoms with Crippen LogP contribution in [0.4, 0.5) is 5.13 Å². The number of piperazine rings is 1. The van der Waals surface area contributed by atoms with Crippen molar-refractivity contribution in [2.75, 3.05) is 37.6 Å². The van der Waals surface area contributed by atoms with Crippen LogP contribution in [0, 0.1) is 5.41 Å². The summed E-state index contributed by atoms with van der Waals surface area (Å²) in [6.07, 6.45) is 9.64. The van der Waals surface area contributed by atoms with E-state index in [4.69, 9.17) is 5.73 Å². The number of hydrogen-bond acceptors (Lipinski definition) is 5. The summed E-state index contributed by atoms with van der Waals surface area (Å²) < 4.78 is 0. The molecule has 0 atom stereocenters. The lowest BCUT2D eigenvalue weighted by atomic mass is 9.71. The Morgan fingerprint density at radius 3 is 2.54 bits per heavy atom. The first-order chi connectivity index (χ1) is 11.7. The van der Waals surface area contributed by atoms with Crippen molar-refractivity contribution in [3.05, 3.63) is 11.1 Å². The highest BCUT2D eigenvalue weighted by Crippen LogP contribution is 2.39. The van der Waals surface area contributed by atoms with Crippen molar-refractivity contribution in [2.24, 2.45) is 11.1 Å². The van der Waals surface area contributed by atoms with Gasteiger partial charge in [-0.3, -0.25) is 4.79 Å². The van der Waals surface area contributed by atoms with Crippen LogP contribution in [0.5, 0.6) is 0 Å². The number of anilines is 1. The quantitative estimate of drug-likeness (QED) is 0.887. The number of carbonyl (C=O) groups excluding carboxylic acids is 1. The molecule has 0 aromatic carbocycles. The molecule has 1 saturated carbocycles. The molecule has 1 aromatic rings. The lowest BCUT2D eigenvalue weighted by Crippen LogP contribution is -2.50.